The van der Waals surface area contributed by atoms with Crippen LogP contribution in [0.25, 0.3) is 0 Å². The zero-order valence-corrected chi connectivity index (χ0v) is 31.7. The number of methoxy groups -OCH3 is 1. The van der Waals surface area contributed by atoms with Crippen molar-refractivity contribution in [1.82, 2.24) is 14.7 Å². The van der Waals surface area contributed by atoms with E-state index in [9.17, 15) is 18.8 Å². The van der Waals surface area contributed by atoms with E-state index in [0.29, 0.717) is 0 Å². The topological polar surface area (TPSA) is 249 Å². The number of phosphoric acid groups is 3. The molecule has 1 saturated heterocycles. The predicted octanol–water partition coefficient (Wildman–Crippen LogP) is 1.83. The van der Waals surface area contributed by atoms with E-state index in [2.05, 4.69) is 90.6 Å². The van der Waals surface area contributed by atoms with Gasteiger partial charge in [-0.1, -0.05) is 62.3 Å². The maximum Gasteiger partial charge on any atom is 0.470 e. The maximum atomic E-state index is 11.0. The fraction of sp³-hybridized carbons (Fsp3) is 1.00. The number of hydrogen-bond acceptors (Lipinski definition) is 12. The standard InChI is InChI=1S/C7H17O15P3.3C6H15N/c1-18-7-6(22-25(15,16)17)4(8)5(21-24(12,13)14)3(20-7)2-19-23(9,10)11;3*1-4-7(5-2)6-3/h3-8H,2H2,1H3,(H2,9,10,11)(H2,12,13,14)(H2,15,16,17);3*4-6H2,1-3H3/t3-,4+,5-,6-,7+;;;/m1.../s1. The number of hydrogen-bond donors (Lipinski definition) is 7. The summed E-state index contributed by atoms with van der Waals surface area (Å²) in [6.07, 6.45) is -9.50. The highest BCUT2D eigenvalue weighted by molar-refractivity contribution is 7.46. The van der Waals surface area contributed by atoms with Gasteiger partial charge in [-0.3, -0.25) is 13.6 Å². The van der Waals surface area contributed by atoms with Crippen molar-refractivity contribution in [1.29, 1.82) is 0 Å². The highest BCUT2D eigenvalue weighted by atomic mass is 31.2. The Bertz CT molecular complexity index is 818. The summed E-state index contributed by atoms with van der Waals surface area (Å²) < 4.78 is 55.2. The molecule has 5 atom stereocenters. The lowest BCUT2D eigenvalue weighted by molar-refractivity contribution is -0.287. The molecule has 0 aromatic heterocycles. The van der Waals surface area contributed by atoms with E-state index in [1.807, 2.05) is 0 Å². The van der Waals surface area contributed by atoms with E-state index in [0.717, 1.165) is 7.11 Å². The Morgan fingerprint density at radius 3 is 1.09 bits per heavy atom. The summed E-state index contributed by atoms with van der Waals surface area (Å²) in [7, 11) is -14.5. The first kappa shape index (κ1) is 50.5. The molecule has 18 nitrogen and oxygen atoms in total. The largest absolute Gasteiger partial charge is 0.470 e. The molecule has 1 fully saturated rings. The summed E-state index contributed by atoms with van der Waals surface area (Å²) in [6.45, 7) is 29.4. The third-order valence-electron chi connectivity index (χ3n) is 6.80. The molecule has 46 heavy (non-hydrogen) atoms. The number of phosphoric ester groups is 3. The molecule has 0 aromatic rings. The van der Waals surface area contributed by atoms with Crippen molar-refractivity contribution >= 4 is 23.5 Å². The minimum absolute atomic E-state index is 0.985. The zero-order chi connectivity index (χ0) is 36.7. The second-order valence-electron chi connectivity index (χ2n) is 9.54. The van der Waals surface area contributed by atoms with Crippen LogP contribution in [0.2, 0.25) is 0 Å². The van der Waals surface area contributed by atoms with Gasteiger partial charge in [0.05, 0.1) is 6.61 Å². The van der Waals surface area contributed by atoms with Crippen LogP contribution in [0.1, 0.15) is 62.3 Å². The summed E-state index contributed by atoms with van der Waals surface area (Å²) in [5.41, 5.74) is 0. The molecule has 0 saturated carbocycles. The van der Waals surface area contributed by atoms with Gasteiger partial charge in [-0.15, -0.1) is 0 Å². The van der Waals surface area contributed by atoms with Crippen LogP contribution in [0.4, 0.5) is 0 Å². The average molecular weight is 738 g/mol. The van der Waals surface area contributed by atoms with Gasteiger partial charge >= 0.3 is 23.5 Å². The molecule has 0 amide bonds. The van der Waals surface area contributed by atoms with Gasteiger partial charge in [0.25, 0.3) is 0 Å². The van der Waals surface area contributed by atoms with Crippen molar-refractivity contribution in [2.24, 2.45) is 0 Å². The highest BCUT2D eigenvalue weighted by Crippen LogP contribution is 2.46. The van der Waals surface area contributed by atoms with Gasteiger partial charge in [0.2, 0.25) is 0 Å². The van der Waals surface area contributed by atoms with Crippen LogP contribution < -0.4 is 0 Å². The third-order valence-corrected chi connectivity index (χ3v) is 8.32. The molecule has 21 heteroatoms. The van der Waals surface area contributed by atoms with Crippen molar-refractivity contribution in [3.8, 4) is 0 Å². The number of nitrogens with zero attached hydrogens (tertiary/aromatic N) is 3. The smallest absolute Gasteiger partial charge is 0.387 e. The molecule has 0 aromatic carbocycles. The molecule has 0 unspecified atom stereocenters. The average Bonchev–Trinajstić information content (AvgIpc) is 2.97. The summed E-state index contributed by atoms with van der Waals surface area (Å²) in [5, 5.41) is 10.1. The van der Waals surface area contributed by atoms with E-state index in [1.165, 1.54) is 58.9 Å². The quantitative estimate of drug-likeness (QED) is 0.105. The lowest BCUT2D eigenvalue weighted by atomic mass is 9.99. The SMILES string of the molecule is CCN(CC)CC.CCN(CC)CC.CCN(CC)CC.CO[C@H]1O[C@H](COP(=O)(O)O)[C@@H](OP(=O)(O)O)[C@H](O)[C@H]1OP(=O)(O)O. The van der Waals surface area contributed by atoms with Crippen molar-refractivity contribution < 1.29 is 71.2 Å². The van der Waals surface area contributed by atoms with Crippen LogP contribution in [0.5, 0.6) is 0 Å². The molecule has 1 aliphatic rings. The summed E-state index contributed by atoms with van der Waals surface area (Å²) in [4.78, 5) is 59.9. The van der Waals surface area contributed by atoms with Crippen molar-refractivity contribution in [2.75, 3.05) is 72.6 Å². The Kier molecular flexibility index (Phi) is 29.5. The van der Waals surface area contributed by atoms with Crippen LogP contribution in [0.15, 0.2) is 0 Å². The Morgan fingerprint density at radius 1 is 0.565 bits per heavy atom. The minimum atomic E-state index is -5.26. The molecule has 1 heterocycles. The second-order valence-corrected chi connectivity index (χ2v) is 13.2. The van der Waals surface area contributed by atoms with E-state index in [-0.39, 0.29) is 0 Å². The number of rotatable bonds is 17. The normalized spacial score (nSPS) is 22.0. The summed E-state index contributed by atoms with van der Waals surface area (Å²) >= 11 is 0. The fourth-order valence-electron chi connectivity index (χ4n) is 3.96. The highest BCUT2D eigenvalue weighted by Gasteiger charge is 2.51. The Labute approximate surface area is 275 Å². The Morgan fingerprint density at radius 2 is 0.870 bits per heavy atom. The van der Waals surface area contributed by atoms with Crippen molar-refractivity contribution in [2.45, 2.75) is 93.0 Å². The van der Waals surface area contributed by atoms with Crippen molar-refractivity contribution in [3.63, 3.8) is 0 Å². The van der Waals surface area contributed by atoms with Gasteiger partial charge in [-0.2, -0.15) is 0 Å². The molecule has 282 valence electrons. The van der Waals surface area contributed by atoms with Gasteiger partial charge in [0.15, 0.2) is 6.29 Å². The van der Waals surface area contributed by atoms with E-state index in [4.69, 9.17) is 38.8 Å². The van der Waals surface area contributed by atoms with Gasteiger partial charge in [0, 0.05) is 7.11 Å². The zero-order valence-electron chi connectivity index (χ0n) is 29.0. The predicted molar refractivity (Wildman–Crippen MR) is 174 cm³/mol. The first-order valence-corrected chi connectivity index (χ1v) is 20.0. The molecule has 0 radical (unpaired) electrons. The Balaban J connectivity index is -0.000000710. The molecular formula is C25H62N3O15P3. The molecule has 1 rings (SSSR count). The van der Waals surface area contributed by atoms with Gasteiger partial charge in [-0.25, -0.2) is 13.7 Å². The minimum Gasteiger partial charge on any atom is -0.387 e. The molecule has 0 bridgehead atoms. The summed E-state index contributed by atoms with van der Waals surface area (Å²) in [5.74, 6) is 0. The maximum absolute atomic E-state index is 11.0. The van der Waals surface area contributed by atoms with Gasteiger partial charge in [-0.05, 0) is 58.9 Å². The number of ether oxygens (including phenoxy) is 2. The number of aliphatic hydroxyl groups is 1. The van der Waals surface area contributed by atoms with Gasteiger partial charge < -0.3 is 58.6 Å². The van der Waals surface area contributed by atoms with Crippen LogP contribution in [0, 0.1) is 0 Å². The first-order chi connectivity index (χ1) is 21.2. The van der Waals surface area contributed by atoms with E-state index in [1.54, 1.807) is 0 Å². The van der Waals surface area contributed by atoms with Crippen LogP contribution >= 0.6 is 23.5 Å². The van der Waals surface area contributed by atoms with Crippen molar-refractivity contribution in [3.05, 3.63) is 0 Å². The van der Waals surface area contributed by atoms with Gasteiger partial charge in [0.1, 0.15) is 24.4 Å². The van der Waals surface area contributed by atoms with E-state index >= 15 is 0 Å². The molecule has 0 aliphatic carbocycles. The molecule has 1 aliphatic heterocycles. The lowest BCUT2D eigenvalue weighted by Gasteiger charge is -2.42. The Hall–Kier alpha value is 0.0900. The van der Waals surface area contributed by atoms with Crippen LogP contribution in [-0.4, -0.2) is 152 Å². The molecular weight excluding hydrogens is 675 g/mol. The monoisotopic (exact) mass is 737 g/mol. The van der Waals surface area contributed by atoms with Crippen LogP contribution in [-0.2, 0) is 36.7 Å². The van der Waals surface area contributed by atoms with Crippen LogP contribution in [0.3, 0.4) is 0 Å². The second kappa shape index (κ2) is 26.9. The molecule has 0 spiro atoms. The third kappa shape index (κ3) is 26.0. The number of aliphatic hydroxyl groups excluding tert-OH is 1. The lowest BCUT2D eigenvalue weighted by Crippen LogP contribution is -2.60. The first-order valence-electron chi connectivity index (χ1n) is 15.4. The van der Waals surface area contributed by atoms with E-state index < -0.39 is 60.8 Å². The fourth-order valence-corrected chi connectivity index (χ4v) is 5.42. The summed E-state index contributed by atoms with van der Waals surface area (Å²) in [6, 6.07) is 0. The molecule has 7 N–H and O–H groups in total.